The van der Waals surface area contributed by atoms with Gasteiger partial charge in [0.15, 0.2) is 5.11 Å². The summed E-state index contributed by atoms with van der Waals surface area (Å²) in [5.41, 5.74) is 11.2. The molecule has 25 heavy (non-hydrogen) atoms. The molecular formula is C21H21N3S. The number of rotatable bonds is 4. The molecular weight excluding hydrogens is 326 g/mol. The van der Waals surface area contributed by atoms with E-state index in [4.69, 9.17) is 12.2 Å². The first-order chi connectivity index (χ1) is 12.0. The van der Waals surface area contributed by atoms with Crippen LogP contribution in [0.25, 0.3) is 16.5 Å². The van der Waals surface area contributed by atoms with Crippen LogP contribution in [0.15, 0.2) is 67.2 Å². The third kappa shape index (κ3) is 3.98. The van der Waals surface area contributed by atoms with Gasteiger partial charge in [-0.1, -0.05) is 55.1 Å². The number of nitrogens with one attached hydrogen (secondary N) is 3. The highest BCUT2D eigenvalue weighted by Gasteiger charge is 2.04. The Bertz CT molecular complexity index is 947. The third-order valence-corrected chi connectivity index (χ3v) is 4.48. The lowest BCUT2D eigenvalue weighted by atomic mass is 10.1. The van der Waals surface area contributed by atoms with E-state index in [0.717, 1.165) is 16.9 Å². The fourth-order valence-electron chi connectivity index (χ4n) is 2.62. The van der Waals surface area contributed by atoms with Gasteiger partial charge in [0.2, 0.25) is 0 Å². The number of anilines is 1. The lowest BCUT2D eigenvalue weighted by Crippen LogP contribution is -2.38. The quantitative estimate of drug-likeness (QED) is 0.462. The fourth-order valence-corrected chi connectivity index (χ4v) is 2.78. The summed E-state index contributed by atoms with van der Waals surface area (Å²) < 4.78 is 0. The van der Waals surface area contributed by atoms with Gasteiger partial charge in [0.1, 0.15) is 0 Å². The second-order valence-corrected chi connectivity index (χ2v) is 6.40. The zero-order valence-corrected chi connectivity index (χ0v) is 15.2. The van der Waals surface area contributed by atoms with E-state index in [1.165, 1.54) is 21.9 Å². The lowest BCUT2D eigenvalue weighted by Gasteiger charge is -2.16. The fraction of sp³-hybridized carbons (Fsp3) is 0.0952. The van der Waals surface area contributed by atoms with Crippen LogP contribution in [0.1, 0.15) is 16.7 Å². The summed E-state index contributed by atoms with van der Waals surface area (Å²) in [4.78, 5) is 0. The largest absolute Gasteiger partial charge is 0.331 e. The Morgan fingerprint density at radius 3 is 2.44 bits per heavy atom. The Kier molecular flexibility index (Phi) is 5.00. The molecule has 3 aromatic carbocycles. The van der Waals surface area contributed by atoms with Crippen LogP contribution in [0, 0.1) is 13.8 Å². The zero-order valence-electron chi connectivity index (χ0n) is 14.4. The molecule has 0 radical (unpaired) electrons. The van der Waals surface area contributed by atoms with E-state index in [2.05, 4.69) is 66.9 Å². The normalized spacial score (nSPS) is 10.3. The molecule has 3 rings (SSSR count). The highest BCUT2D eigenvalue weighted by atomic mass is 32.1. The van der Waals surface area contributed by atoms with E-state index in [1.807, 2.05) is 30.3 Å². The maximum Gasteiger partial charge on any atom is 0.189 e. The molecule has 0 amide bonds. The van der Waals surface area contributed by atoms with Crippen molar-refractivity contribution in [3.8, 4) is 0 Å². The van der Waals surface area contributed by atoms with Crippen molar-refractivity contribution < 1.29 is 0 Å². The third-order valence-electron chi connectivity index (χ3n) is 4.28. The topological polar surface area (TPSA) is 36.1 Å². The molecule has 0 bridgehead atoms. The predicted molar refractivity (Wildman–Crippen MR) is 111 cm³/mol. The van der Waals surface area contributed by atoms with E-state index < -0.39 is 0 Å². The highest BCUT2D eigenvalue weighted by Crippen LogP contribution is 2.19. The van der Waals surface area contributed by atoms with Crippen LogP contribution < -0.4 is 16.2 Å². The Balaban J connectivity index is 1.63. The zero-order chi connectivity index (χ0) is 17.8. The van der Waals surface area contributed by atoms with Gasteiger partial charge >= 0.3 is 0 Å². The van der Waals surface area contributed by atoms with E-state index in [0.29, 0.717) is 5.11 Å². The van der Waals surface area contributed by atoms with Gasteiger partial charge in [-0.3, -0.25) is 10.9 Å². The minimum Gasteiger partial charge on any atom is -0.331 e. The van der Waals surface area contributed by atoms with Crippen LogP contribution in [0.3, 0.4) is 0 Å². The Morgan fingerprint density at radius 2 is 1.64 bits per heavy atom. The van der Waals surface area contributed by atoms with Crippen molar-refractivity contribution in [2.75, 3.05) is 5.32 Å². The molecule has 0 atom stereocenters. The van der Waals surface area contributed by atoms with E-state index >= 15 is 0 Å². The van der Waals surface area contributed by atoms with Gasteiger partial charge in [-0.2, -0.15) is 0 Å². The molecule has 0 fully saturated rings. The molecule has 3 N–H and O–H groups in total. The first kappa shape index (κ1) is 17.0. The number of hydrogen-bond donors (Lipinski definition) is 3. The van der Waals surface area contributed by atoms with Gasteiger partial charge in [-0.25, -0.2) is 0 Å². The summed E-state index contributed by atoms with van der Waals surface area (Å²) >= 11 is 5.36. The van der Waals surface area contributed by atoms with Gasteiger partial charge in [0.25, 0.3) is 0 Å². The van der Waals surface area contributed by atoms with Gasteiger partial charge in [0, 0.05) is 5.69 Å². The molecule has 0 aromatic heterocycles. The van der Waals surface area contributed by atoms with Gasteiger partial charge in [-0.15, -0.1) is 0 Å². The molecule has 0 aliphatic heterocycles. The van der Waals surface area contributed by atoms with Crippen LogP contribution in [-0.4, -0.2) is 5.11 Å². The summed E-state index contributed by atoms with van der Waals surface area (Å²) in [7, 11) is 0. The average Bonchev–Trinajstić information content (AvgIpc) is 2.63. The van der Waals surface area contributed by atoms with Crippen molar-refractivity contribution in [3.63, 3.8) is 0 Å². The number of aryl methyl sites for hydroxylation is 1. The SMILES string of the molecule is C=C(NNC(=S)Nc1cccc(C)c1C)c1ccc2ccccc2c1. The molecule has 0 aliphatic carbocycles. The van der Waals surface area contributed by atoms with Crippen molar-refractivity contribution in [3.05, 3.63) is 83.9 Å². The minimum absolute atomic E-state index is 0.496. The molecule has 4 heteroatoms. The Hall–Kier alpha value is -2.85. The molecule has 0 unspecified atom stereocenters. The standard InChI is InChI=1S/C21H21N3S/c1-14-7-6-10-20(15(14)2)22-21(25)24-23-16(3)18-12-11-17-8-4-5-9-19(17)13-18/h4-13,23H,3H2,1-2H3,(H2,22,24,25). The molecule has 0 aliphatic rings. The van der Waals surface area contributed by atoms with E-state index in [1.54, 1.807) is 0 Å². The summed E-state index contributed by atoms with van der Waals surface area (Å²) in [6, 6.07) is 20.6. The van der Waals surface area contributed by atoms with E-state index in [-0.39, 0.29) is 0 Å². The van der Waals surface area contributed by atoms with Gasteiger partial charge < -0.3 is 5.32 Å². The van der Waals surface area contributed by atoms with Crippen molar-refractivity contribution in [1.82, 2.24) is 10.9 Å². The van der Waals surface area contributed by atoms with Gasteiger partial charge in [-0.05, 0) is 65.7 Å². The first-order valence-corrected chi connectivity index (χ1v) is 8.53. The monoisotopic (exact) mass is 347 g/mol. The van der Waals surface area contributed by atoms with E-state index in [9.17, 15) is 0 Å². The van der Waals surface area contributed by atoms with Gasteiger partial charge in [0.05, 0.1) is 5.70 Å². The minimum atomic E-state index is 0.496. The van der Waals surface area contributed by atoms with Crippen molar-refractivity contribution in [2.24, 2.45) is 0 Å². The summed E-state index contributed by atoms with van der Waals surface area (Å²) in [5.74, 6) is 0. The molecule has 126 valence electrons. The van der Waals surface area contributed by atoms with Crippen molar-refractivity contribution in [2.45, 2.75) is 13.8 Å². The number of benzene rings is 3. The first-order valence-electron chi connectivity index (χ1n) is 8.12. The predicted octanol–water partition coefficient (Wildman–Crippen LogP) is 4.92. The number of hydrazine groups is 1. The summed E-state index contributed by atoms with van der Waals surface area (Å²) in [6.45, 7) is 8.23. The van der Waals surface area contributed by atoms with Crippen LogP contribution in [-0.2, 0) is 0 Å². The van der Waals surface area contributed by atoms with Crippen LogP contribution in [0.5, 0.6) is 0 Å². The molecule has 3 aromatic rings. The maximum atomic E-state index is 5.36. The molecule has 0 heterocycles. The average molecular weight is 347 g/mol. The second-order valence-electron chi connectivity index (χ2n) is 5.99. The number of hydrogen-bond acceptors (Lipinski definition) is 2. The van der Waals surface area contributed by atoms with Crippen molar-refractivity contribution in [1.29, 1.82) is 0 Å². The highest BCUT2D eigenvalue weighted by molar-refractivity contribution is 7.80. The lowest BCUT2D eigenvalue weighted by molar-refractivity contribution is 0.851. The summed E-state index contributed by atoms with van der Waals surface area (Å²) in [5, 5.41) is 6.09. The molecule has 0 saturated heterocycles. The van der Waals surface area contributed by atoms with Crippen LogP contribution in [0.4, 0.5) is 5.69 Å². The van der Waals surface area contributed by atoms with Crippen LogP contribution >= 0.6 is 12.2 Å². The number of thiocarbonyl (C=S) groups is 1. The Morgan fingerprint density at radius 1 is 0.880 bits per heavy atom. The Labute approximate surface area is 153 Å². The molecule has 3 nitrogen and oxygen atoms in total. The second kappa shape index (κ2) is 7.36. The smallest absolute Gasteiger partial charge is 0.189 e. The molecule has 0 spiro atoms. The number of fused-ring (bicyclic) bond motifs is 1. The van der Waals surface area contributed by atoms with Crippen molar-refractivity contribution >= 4 is 39.5 Å². The van der Waals surface area contributed by atoms with Crippen LogP contribution in [0.2, 0.25) is 0 Å². The summed E-state index contributed by atoms with van der Waals surface area (Å²) in [6.07, 6.45) is 0. The maximum absolute atomic E-state index is 5.36. The molecule has 0 saturated carbocycles.